The van der Waals surface area contributed by atoms with E-state index in [1.807, 2.05) is 0 Å². The molecule has 0 spiro atoms. The molecule has 0 radical (unpaired) electrons. The molecule has 48 heavy (non-hydrogen) atoms. The second-order valence-corrected chi connectivity index (χ2v) is 13.0. The number of carbonyl (C=O) groups excluding carboxylic acids is 2. The first kappa shape index (κ1) is 42.3. The van der Waals surface area contributed by atoms with Gasteiger partial charge < -0.3 is 55.5 Å². The van der Waals surface area contributed by atoms with Crippen LogP contribution in [0.4, 0.5) is 0 Å². The Morgan fingerprint density at radius 1 is 0.729 bits per heavy atom. The molecule has 2 saturated heterocycles. The number of carboxylic acids is 1. The van der Waals surface area contributed by atoms with Crippen LogP contribution < -0.4 is 21.3 Å². The summed E-state index contributed by atoms with van der Waals surface area (Å²) in [5.41, 5.74) is -1.11. The highest BCUT2D eigenvalue weighted by Gasteiger charge is 2.59. The number of aliphatic hydroxyl groups excluding tert-OH is 2. The van der Waals surface area contributed by atoms with E-state index in [-0.39, 0.29) is 31.4 Å². The van der Waals surface area contributed by atoms with Gasteiger partial charge in [-0.25, -0.2) is 0 Å². The van der Waals surface area contributed by atoms with Crippen molar-refractivity contribution in [2.24, 2.45) is 0 Å². The molecule has 14 nitrogen and oxygen atoms in total. The molecule has 0 aromatic rings. The molecule has 2 aliphatic rings. The molecule has 14 heteroatoms. The summed E-state index contributed by atoms with van der Waals surface area (Å²) in [6.07, 6.45) is 10.7. The zero-order valence-corrected chi connectivity index (χ0v) is 29.2. The highest BCUT2D eigenvalue weighted by Crippen LogP contribution is 2.37. The number of hydrogen-bond donors (Lipinski definition) is 7. The highest BCUT2D eigenvalue weighted by molar-refractivity contribution is 5.75. The number of aliphatic carboxylic acids is 1. The first-order valence-electron chi connectivity index (χ1n) is 18.2. The standard InChI is InChI=1S/C34H64N4O10/c1-27(39)38-30-31(43)32(44)34(26-47-33(30)48-34)25-46-22-12-8-11-17-35-18-13-19-36-20-14-23-45-24-21-37-28(40)15-9-6-4-2-3-5-7-10-16-29(41)42/h30-33,35-36,43-44H,2-26H2,1H3,(H,37,40)(H,38,39)(H,41,42)/t30-,31-,32-,33+,34+/m1/s1. The molecule has 2 fully saturated rings. The van der Waals surface area contributed by atoms with Gasteiger partial charge in [0.05, 0.1) is 19.8 Å². The van der Waals surface area contributed by atoms with Crippen LogP contribution >= 0.6 is 0 Å². The Hall–Kier alpha value is -1.91. The van der Waals surface area contributed by atoms with Crippen molar-refractivity contribution < 1.29 is 48.7 Å². The quantitative estimate of drug-likeness (QED) is 0.0521. The lowest BCUT2D eigenvalue weighted by atomic mass is 9.88. The van der Waals surface area contributed by atoms with Gasteiger partial charge in [-0.3, -0.25) is 14.4 Å². The van der Waals surface area contributed by atoms with Gasteiger partial charge in [0.15, 0.2) is 6.29 Å². The second kappa shape index (κ2) is 26.0. The minimum atomic E-state index is -1.22. The van der Waals surface area contributed by atoms with Crippen LogP contribution in [0.1, 0.15) is 103 Å². The molecule has 2 amide bonds. The SMILES string of the molecule is CC(=O)N[C@H]1[C@H]2OC[C@](COCCCCCNCCCNCCCOCCNC(=O)CCCCCCCCCCC(=O)O)(O2)[C@H](O)[C@@H]1O. The fourth-order valence-corrected chi connectivity index (χ4v) is 5.91. The van der Waals surface area contributed by atoms with E-state index in [4.69, 9.17) is 24.1 Å². The lowest BCUT2D eigenvalue weighted by Gasteiger charge is -2.42. The predicted molar refractivity (Wildman–Crippen MR) is 180 cm³/mol. The van der Waals surface area contributed by atoms with Crippen molar-refractivity contribution in [1.29, 1.82) is 0 Å². The van der Waals surface area contributed by atoms with Crippen molar-refractivity contribution >= 4 is 17.8 Å². The molecule has 5 atom stereocenters. The van der Waals surface area contributed by atoms with Crippen LogP contribution in [-0.2, 0) is 33.3 Å². The van der Waals surface area contributed by atoms with E-state index in [1.165, 1.54) is 6.92 Å². The molecular formula is C34H64N4O10. The van der Waals surface area contributed by atoms with Crippen LogP contribution in [-0.4, -0.2) is 129 Å². The fourth-order valence-electron chi connectivity index (χ4n) is 5.91. The molecular weight excluding hydrogens is 624 g/mol. The summed E-state index contributed by atoms with van der Waals surface area (Å²) in [7, 11) is 0. The van der Waals surface area contributed by atoms with E-state index in [0.717, 1.165) is 110 Å². The van der Waals surface area contributed by atoms with Gasteiger partial charge in [0.25, 0.3) is 0 Å². The number of carbonyl (C=O) groups is 3. The van der Waals surface area contributed by atoms with E-state index in [1.54, 1.807) is 0 Å². The van der Waals surface area contributed by atoms with Crippen LogP contribution in [0.25, 0.3) is 0 Å². The summed E-state index contributed by atoms with van der Waals surface area (Å²) >= 11 is 0. The summed E-state index contributed by atoms with van der Waals surface area (Å²) in [4.78, 5) is 33.8. The fraction of sp³-hybridized carbons (Fsp3) is 0.912. The third-order valence-electron chi connectivity index (χ3n) is 8.69. The minimum Gasteiger partial charge on any atom is -0.481 e. The molecule has 0 saturated carbocycles. The van der Waals surface area contributed by atoms with Crippen LogP contribution in [0, 0.1) is 0 Å². The Balaban J connectivity index is 1.26. The number of amides is 2. The minimum absolute atomic E-state index is 0.0864. The number of rotatable bonds is 31. The lowest BCUT2D eigenvalue weighted by molar-refractivity contribution is -0.237. The predicted octanol–water partition coefficient (Wildman–Crippen LogP) is 1.60. The average molecular weight is 689 g/mol. The van der Waals surface area contributed by atoms with Gasteiger partial charge in [-0.15, -0.1) is 0 Å². The van der Waals surface area contributed by atoms with E-state index in [2.05, 4.69) is 21.3 Å². The zero-order valence-electron chi connectivity index (χ0n) is 29.2. The van der Waals surface area contributed by atoms with Crippen LogP contribution in [0.5, 0.6) is 0 Å². The lowest BCUT2D eigenvalue weighted by Crippen LogP contribution is -2.66. The zero-order chi connectivity index (χ0) is 34.9. The molecule has 280 valence electrons. The molecule has 0 unspecified atom stereocenters. The average Bonchev–Trinajstić information content (AvgIpc) is 3.46. The van der Waals surface area contributed by atoms with Gasteiger partial charge in [0.1, 0.15) is 23.9 Å². The maximum absolute atomic E-state index is 11.9. The van der Waals surface area contributed by atoms with Crippen molar-refractivity contribution in [1.82, 2.24) is 21.3 Å². The van der Waals surface area contributed by atoms with Crippen LogP contribution in [0.2, 0.25) is 0 Å². The van der Waals surface area contributed by atoms with Gasteiger partial charge >= 0.3 is 5.97 Å². The van der Waals surface area contributed by atoms with E-state index in [0.29, 0.717) is 32.8 Å². The van der Waals surface area contributed by atoms with Gasteiger partial charge in [0.2, 0.25) is 11.8 Å². The van der Waals surface area contributed by atoms with E-state index >= 15 is 0 Å². The Kier molecular flexibility index (Phi) is 22.9. The smallest absolute Gasteiger partial charge is 0.303 e. The molecule has 7 N–H and O–H groups in total. The monoisotopic (exact) mass is 688 g/mol. The van der Waals surface area contributed by atoms with Gasteiger partial charge in [-0.05, 0) is 71.1 Å². The van der Waals surface area contributed by atoms with E-state index < -0.39 is 36.1 Å². The number of fused-ring (bicyclic) bond motifs is 2. The Morgan fingerprint density at radius 2 is 1.33 bits per heavy atom. The molecule has 2 heterocycles. The topological polar surface area (TPSA) is 197 Å². The maximum atomic E-state index is 11.9. The number of aliphatic hydroxyl groups is 2. The number of carboxylic acid groups (broad SMARTS) is 1. The maximum Gasteiger partial charge on any atom is 0.303 e. The van der Waals surface area contributed by atoms with Gasteiger partial charge in [-0.1, -0.05) is 38.5 Å². The summed E-state index contributed by atoms with van der Waals surface area (Å²) in [6.45, 7) is 7.59. The van der Waals surface area contributed by atoms with Crippen LogP contribution in [0.3, 0.4) is 0 Å². The van der Waals surface area contributed by atoms with Crippen molar-refractivity contribution in [3.63, 3.8) is 0 Å². The van der Waals surface area contributed by atoms with Crippen LogP contribution in [0.15, 0.2) is 0 Å². The summed E-state index contributed by atoms with van der Waals surface area (Å²) in [5.74, 6) is -0.957. The summed E-state index contributed by atoms with van der Waals surface area (Å²) in [5, 5.41) is 42.0. The molecule has 0 aliphatic carbocycles. The van der Waals surface area contributed by atoms with Crippen molar-refractivity contribution in [3.05, 3.63) is 0 Å². The number of ether oxygens (including phenoxy) is 4. The van der Waals surface area contributed by atoms with E-state index in [9.17, 15) is 24.6 Å². The molecule has 0 aromatic heterocycles. The Bertz CT molecular complexity index is 885. The Labute approximate surface area is 286 Å². The van der Waals surface area contributed by atoms with Crippen molar-refractivity contribution in [3.8, 4) is 0 Å². The highest BCUT2D eigenvalue weighted by atomic mass is 16.7. The number of unbranched alkanes of at least 4 members (excludes halogenated alkanes) is 9. The normalized spacial score (nSPS) is 23.3. The first-order chi connectivity index (χ1) is 23.2. The second-order valence-electron chi connectivity index (χ2n) is 13.0. The van der Waals surface area contributed by atoms with Crippen molar-refractivity contribution in [2.45, 2.75) is 133 Å². The summed E-state index contributed by atoms with van der Waals surface area (Å²) < 4.78 is 22.8. The van der Waals surface area contributed by atoms with Gasteiger partial charge in [0, 0.05) is 39.5 Å². The summed E-state index contributed by atoms with van der Waals surface area (Å²) in [6, 6.07) is -0.811. The third kappa shape index (κ3) is 18.2. The largest absolute Gasteiger partial charge is 0.481 e. The first-order valence-corrected chi connectivity index (χ1v) is 18.2. The Morgan fingerprint density at radius 3 is 2.02 bits per heavy atom. The molecule has 2 aliphatic heterocycles. The van der Waals surface area contributed by atoms with Crippen molar-refractivity contribution in [2.75, 3.05) is 65.8 Å². The van der Waals surface area contributed by atoms with Gasteiger partial charge in [-0.2, -0.15) is 0 Å². The number of hydrogen-bond acceptors (Lipinski definition) is 11. The number of nitrogens with one attached hydrogen (secondary N) is 4. The third-order valence-corrected chi connectivity index (χ3v) is 8.69. The molecule has 2 rings (SSSR count). The molecule has 0 aromatic carbocycles. The molecule has 2 bridgehead atoms.